The monoisotopic (exact) mass is 326 g/mol. The molecule has 23 heavy (non-hydrogen) atoms. The fraction of sp³-hybridized carbons (Fsp3) is 0.0588. The Balaban J connectivity index is 2.18. The number of ether oxygens (including phenoxy) is 1. The van der Waals surface area contributed by atoms with E-state index in [1.807, 2.05) is 12.1 Å². The van der Waals surface area contributed by atoms with Crippen LogP contribution in [0.25, 0.3) is 22.6 Å². The standard InChI is InChI=1S/C17H13ClN3O2/c1-23-17-4-5-21(22)10-12(17)6-11(8-19)15-9-20-16-3-2-13(18)7-14(15)16/h2-7,9-10,20,22H,1H3/q+1/b11-6+. The van der Waals surface area contributed by atoms with Crippen LogP contribution in [0.2, 0.25) is 5.02 Å². The Hall–Kier alpha value is -2.97. The van der Waals surface area contributed by atoms with Gasteiger partial charge in [0, 0.05) is 38.5 Å². The van der Waals surface area contributed by atoms with Gasteiger partial charge in [0.15, 0.2) is 0 Å². The molecule has 114 valence electrons. The molecule has 2 N–H and O–H groups in total. The summed E-state index contributed by atoms with van der Waals surface area (Å²) in [5.41, 5.74) is 2.65. The molecule has 1 aromatic carbocycles. The molecule has 2 aromatic heterocycles. The van der Waals surface area contributed by atoms with Crippen LogP contribution >= 0.6 is 11.6 Å². The van der Waals surface area contributed by atoms with Crippen molar-refractivity contribution in [2.45, 2.75) is 0 Å². The molecule has 0 amide bonds. The zero-order valence-corrected chi connectivity index (χ0v) is 13.0. The third kappa shape index (κ3) is 2.85. The molecule has 0 radical (unpaired) electrons. The molecule has 0 unspecified atom stereocenters. The average Bonchev–Trinajstić information content (AvgIpc) is 2.95. The number of nitriles is 1. The zero-order valence-electron chi connectivity index (χ0n) is 12.2. The zero-order chi connectivity index (χ0) is 16.4. The predicted molar refractivity (Wildman–Crippen MR) is 87.2 cm³/mol. The molecule has 5 nitrogen and oxygen atoms in total. The molecule has 2 heterocycles. The number of allylic oxidation sites excluding steroid dienone is 1. The number of benzene rings is 1. The molecule has 0 aliphatic carbocycles. The van der Waals surface area contributed by atoms with Crippen molar-refractivity contribution in [3.05, 3.63) is 59.0 Å². The second kappa shape index (κ2) is 6.03. The number of rotatable bonds is 3. The van der Waals surface area contributed by atoms with E-state index >= 15 is 0 Å². The van der Waals surface area contributed by atoms with Gasteiger partial charge in [0.25, 0.3) is 0 Å². The van der Waals surface area contributed by atoms with Gasteiger partial charge in [0.2, 0.25) is 12.4 Å². The summed E-state index contributed by atoms with van der Waals surface area (Å²) in [6, 6.07) is 9.26. The summed E-state index contributed by atoms with van der Waals surface area (Å²) in [5.74, 6) is 0.556. The van der Waals surface area contributed by atoms with Gasteiger partial charge in [-0.2, -0.15) is 5.26 Å². The number of aromatic amines is 1. The third-order valence-electron chi connectivity index (χ3n) is 3.51. The van der Waals surface area contributed by atoms with E-state index in [1.54, 1.807) is 24.4 Å². The molecule has 0 atom stereocenters. The Labute approximate surface area is 137 Å². The summed E-state index contributed by atoms with van der Waals surface area (Å²) < 4.78 is 6.17. The number of nitrogens with zero attached hydrogens (tertiary/aromatic N) is 2. The van der Waals surface area contributed by atoms with Crippen LogP contribution in [0.3, 0.4) is 0 Å². The second-order valence-electron chi connectivity index (χ2n) is 4.91. The summed E-state index contributed by atoms with van der Waals surface area (Å²) in [5, 5.41) is 20.6. The van der Waals surface area contributed by atoms with Crippen molar-refractivity contribution >= 4 is 34.2 Å². The summed E-state index contributed by atoms with van der Waals surface area (Å²) in [6.45, 7) is 0. The van der Waals surface area contributed by atoms with Crippen molar-refractivity contribution in [3.63, 3.8) is 0 Å². The smallest absolute Gasteiger partial charge is 0.233 e. The van der Waals surface area contributed by atoms with Crippen LogP contribution < -0.4 is 9.47 Å². The first kappa shape index (κ1) is 14.9. The highest BCUT2D eigenvalue weighted by Gasteiger charge is 2.13. The maximum Gasteiger partial charge on any atom is 0.233 e. The van der Waals surface area contributed by atoms with E-state index in [4.69, 9.17) is 16.3 Å². The van der Waals surface area contributed by atoms with Gasteiger partial charge in [0.05, 0.1) is 24.3 Å². The maximum absolute atomic E-state index is 9.58. The van der Waals surface area contributed by atoms with E-state index < -0.39 is 0 Å². The number of methoxy groups -OCH3 is 1. The molecule has 0 aliphatic rings. The molecule has 0 aliphatic heterocycles. The topological polar surface area (TPSA) is 72.9 Å². The lowest BCUT2D eigenvalue weighted by Gasteiger charge is -2.03. The highest BCUT2D eigenvalue weighted by molar-refractivity contribution is 6.31. The number of fused-ring (bicyclic) bond motifs is 1. The van der Waals surface area contributed by atoms with Crippen molar-refractivity contribution in [1.82, 2.24) is 4.98 Å². The lowest BCUT2D eigenvalue weighted by molar-refractivity contribution is -0.904. The molecule has 3 aromatic rings. The third-order valence-corrected chi connectivity index (χ3v) is 3.74. The van der Waals surface area contributed by atoms with Crippen LogP contribution in [0.4, 0.5) is 0 Å². The van der Waals surface area contributed by atoms with E-state index in [9.17, 15) is 10.5 Å². The molecular weight excluding hydrogens is 314 g/mol. The van der Waals surface area contributed by atoms with E-state index in [-0.39, 0.29) is 0 Å². The van der Waals surface area contributed by atoms with Gasteiger partial charge >= 0.3 is 0 Å². The van der Waals surface area contributed by atoms with Gasteiger partial charge in [0.1, 0.15) is 5.75 Å². The number of nitrogens with one attached hydrogen (secondary N) is 1. The molecule has 3 rings (SSSR count). The maximum atomic E-state index is 9.58. The number of H-pyrrole nitrogens is 1. The Kier molecular flexibility index (Phi) is 3.92. The first-order valence-electron chi connectivity index (χ1n) is 6.79. The Morgan fingerprint density at radius 1 is 1.43 bits per heavy atom. The van der Waals surface area contributed by atoms with E-state index in [1.165, 1.54) is 19.5 Å². The van der Waals surface area contributed by atoms with Crippen molar-refractivity contribution in [3.8, 4) is 11.8 Å². The average molecular weight is 327 g/mol. The van der Waals surface area contributed by atoms with Gasteiger partial charge in [-0.3, -0.25) is 5.21 Å². The van der Waals surface area contributed by atoms with E-state index in [2.05, 4.69) is 11.1 Å². The summed E-state index contributed by atoms with van der Waals surface area (Å²) in [7, 11) is 1.53. The first-order chi connectivity index (χ1) is 11.1. The van der Waals surface area contributed by atoms with Crippen molar-refractivity contribution in [2.75, 3.05) is 7.11 Å². The normalized spacial score (nSPS) is 11.4. The number of hydrogen-bond donors (Lipinski definition) is 2. The van der Waals surface area contributed by atoms with Gasteiger partial charge in [-0.15, -0.1) is 0 Å². The van der Waals surface area contributed by atoms with Gasteiger partial charge in [-0.1, -0.05) is 11.6 Å². The minimum Gasteiger partial charge on any atom is -0.496 e. The molecular formula is C17H13ClN3O2+. The minimum atomic E-state index is 0.433. The molecule has 0 saturated heterocycles. The second-order valence-corrected chi connectivity index (χ2v) is 5.35. The van der Waals surface area contributed by atoms with Crippen molar-refractivity contribution in [2.24, 2.45) is 0 Å². The fourth-order valence-corrected chi connectivity index (χ4v) is 2.60. The molecule has 0 saturated carbocycles. The molecule has 6 heteroatoms. The van der Waals surface area contributed by atoms with Crippen molar-refractivity contribution in [1.29, 1.82) is 5.26 Å². The largest absolute Gasteiger partial charge is 0.496 e. The highest BCUT2D eigenvalue weighted by atomic mass is 35.5. The Morgan fingerprint density at radius 2 is 2.26 bits per heavy atom. The number of pyridine rings is 1. The molecule has 0 fully saturated rings. The van der Waals surface area contributed by atoms with Crippen LogP contribution in [-0.2, 0) is 0 Å². The predicted octanol–water partition coefficient (Wildman–Crippen LogP) is 3.42. The first-order valence-corrected chi connectivity index (χ1v) is 7.17. The minimum absolute atomic E-state index is 0.433. The molecule has 0 spiro atoms. The summed E-state index contributed by atoms with van der Waals surface area (Å²) >= 11 is 6.05. The van der Waals surface area contributed by atoms with Crippen LogP contribution in [-0.4, -0.2) is 17.3 Å². The van der Waals surface area contributed by atoms with Crippen LogP contribution in [0, 0.1) is 11.3 Å². The highest BCUT2D eigenvalue weighted by Crippen LogP contribution is 2.29. The molecule has 0 bridgehead atoms. The quantitative estimate of drug-likeness (QED) is 0.440. The number of aromatic nitrogens is 2. The number of hydrogen-bond acceptors (Lipinski definition) is 3. The van der Waals surface area contributed by atoms with Gasteiger partial charge in [-0.25, -0.2) is 0 Å². The Morgan fingerprint density at radius 3 is 3.00 bits per heavy atom. The fourth-order valence-electron chi connectivity index (χ4n) is 2.43. The van der Waals surface area contributed by atoms with E-state index in [0.29, 0.717) is 21.9 Å². The van der Waals surface area contributed by atoms with Gasteiger partial charge < -0.3 is 9.72 Å². The Bertz CT molecular complexity index is 954. The lowest BCUT2D eigenvalue weighted by Crippen LogP contribution is -2.28. The summed E-state index contributed by atoms with van der Waals surface area (Å²) in [4.78, 5) is 3.12. The lowest BCUT2D eigenvalue weighted by atomic mass is 10.0. The van der Waals surface area contributed by atoms with Crippen LogP contribution in [0.15, 0.2) is 42.9 Å². The number of halogens is 1. The van der Waals surface area contributed by atoms with Gasteiger partial charge in [-0.05, 0) is 24.3 Å². The van der Waals surface area contributed by atoms with E-state index in [0.717, 1.165) is 21.2 Å². The SMILES string of the molecule is COc1cc[n+](O)cc1/C=C(\C#N)c1c[nH]c2ccc(Cl)cc12. The van der Waals surface area contributed by atoms with Crippen LogP contribution in [0.5, 0.6) is 5.75 Å². The summed E-state index contributed by atoms with van der Waals surface area (Å²) in [6.07, 6.45) is 6.35. The van der Waals surface area contributed by atoms with Crippen molar-refractivity contribution < 1.29 is 14.7 Å². The van der Waals surface area contributed by atoms with Crippen LogP contribution in [0.1, 0.15) is 11.1 Å².